The first-order valence-corrected chi connectivity index (χ1v) is 13.0. The summed E-state index contributed by atoms with van der Waals surface area (Å²) in [5.41, 5.74) is 3.81. The molecule has 4 aromatic rings. The molecule has 3 amide bonds. The zero-order chi connectivity index (χ0) is 26.7. The van der Waals surface area contributed by atoms with Crippen LogP contribution < -0.4 is 16.0 Å². The average Bonchev–Trinajstić information content (AvgIpc) is 2.94. The van der Waals surface area contributed by atoms with Crippen LogP contribution in [0.25, 0.3) is 6.08 Å². The molecule has 0 aliphatic carbocycles. The maximum Gasteiger partial charge on any atom is 0.272 e. The van der Waals surface area contributed by atoms with Crippen LogP contribution in [0.3, 0.4) is 0 Å². The number of carbonyl (C=O) groups excluding carboxylic acids is 3. The molecule has 0 heterocycles. The van der Waals surface area contributed by atoms with Gasteiger partial charge in [0.05, 0.1) is 5.75 Å². The van der Waals surface area contributed by atoms with Crippen LogP contribution in [0.2, 0.25) is 0 Å². The summed E-state index contributed by atoms with van der Waals surface area (Å²) in [4.78, 5) is 39.0. The van der Waals surface area contributed by atoms with Crippen molar-refractivity contribution in [3.63, 3.8) is 0 Å². The summed E-state index contributed by atoms with van der Waals surface area (Å²) in [5.74, 6) is -0.662. The van der Waals surface area contributed by atoms with E-state index in [0.29, 0.717) is 11.3 Å². The van der Waals surface area contributed by atoms with E-state index >= 15 is 0 Å². The highest BCUT2D eigenvalue weighted by molar-refractivity contribution is 8.00. The molecule has 0 saturated carbocycles. The molecule has 0 bridgehead atoms. The predicted octanol–water partition coefficient (Wildman–Crippen LogP) is 6.14. The van der Waals surface area contributed by atoms with E-state index < -0.39 is 5.91 Å². The van der Waals surface area contributed by atoms with Crippen molar-refractivity contribution in [2.75, 3.05) is 16.4 Å². The van der Waals surface area contributed by atoms with Crippen molar-refractivity contribution in [2.45, 2.75) is 11.8 Å². The molecular formula is C31H27N3O3S. The number of nitrogens with one attached hydrogen (secondary N) is 3. The summed E-state index contributed by atoms with van der Waals surface area (Å²) in [5, 5.41) is 8.45. The quantitative estimate of drug-likeness (QED) is 0.183. The molecule has 0 saturated heterocycles. The van der Waals surface area contributed by atoms with Gasteiger partial charge in [0, 0.05) is 21.8 Å². The third kappa shape index (κ3) is 7.94. The molecular weight excluding hydrogens is 494 g/mol. The number of thioether (sulfide) groups is 1. The normalized spacial score (nSPS) is 10.9. The van der Waals surface area contributed by atoms with Crippen LogP contribution in [0, 0.1) is 6.92 Å². The molecule has 0 aliphatic rings. The smallest absolute Gasteiger partial charge is 0.272 e. The van der Waals surface area contributed by atoms with Gasteiger partial charge in [-0.05, 0) is 67.1 Å². The van der Waals surface area contributed by atoms with Gasteiger partial charge in [0.15, 0.2) is 0 Å². The van der Waals surface area contributed by atoms with Crippen molar-refractivity contribution >= 4 is 46.9 Å². The highest BCUT2D eigenvalue weighted by Gasteiger charge is 2.15. The third-order valence-electron chi connectivity index (χ3n) is 5.46. The van der Waals surface area contributed by atoms with Gasteiger partial charge in [-0.15, -0.1) is 11.8 Å². The summed E-state index contributed by atoms with van der Waals surface area (Å²) in [7, 11) is 0. The Kier molecular flexibility index (Phi) is 9.10. The minimum Gasteiger partial charge on any atom is -0.325 e. The lowest BCUT2D eigenvalue weighted by atomic mass is 10.1. The summed E-state index contributed by atoms with van der Waals surface area (Å²) in [6.45, 7) is 1.99. The Morgan fingerprint density at radius 3 is 1.95 bits per heavy atom. The number of aryl methyl sites for hydroxylation is 1. The van der Waals surface area contributed by atoms with E-state index in [1.54, 1.807) is 42.5 Å². The second kappa shape index (κ2) is 13.1. The van der Waals surface area contributed by atoms with Crippen LogP contribution in [0.15, 0.2) is 120 Å². The number of amides is 3. The largest absolute Gasteiger partial charge is 0.325 e. The Balaban J connectivity index is 1.38. The molecule has 0 aliphatic heterocycles. The molecule has 6 nitrogen and oxygen atoms in total. The van der Waals surface area contributed by atoms with Gasteiger partial charge in [-0.1, -0.05) is 66.2 Å². The molecule has 4 rings (SSSR count). The lowest BCUT2D eigenvalue weighted by molar-refractivity contribution is -0.114. The number of benzene rings is 4. The van der Waals surface area contributed by atoms with Gasteiger partial charge in [-0.2, -0.15) is 0 Å². The molecule has 38 heavy (non-hydrogen) atoms. The van der Waals surface area contributed by atoms with Gasteiger partial charge in [-0.3, -0.25) is 14.4 Å². The summed E-state index contributed by atoms with van der Waals surface area (Å²) < 4.78 is 0. The highest BCUT2D eigenvalue weighted by atomic mass is 32.2. The lowest BCUT2D eigenvalue weighted by Gasteiger charge is -2.12. The molecule has 0 fully saturated rings. The van der Waals surface area contributed by atoms with Crippen LogP contribution in [-0.4, -0.2) is 23.5 Å². The molecule has 0 aromatic heterocycles. The molecule has 0 radical (unpaired) electrons. The first-order chi connectivity index (χ1) is 18.5. The van der Waals surface area contributed by atoms with Crippen molar-refractivity contribution in [1.82, 2.24) is 5.32 Å². The fourth-order valence-electron chi connectivity index (χ4n) is 3.47. The van der Waals surface area contributed by atoms with E-state index in [2.05, 4.69) is 16.0 Å². The van der Waals surface area contributed by atoms with Crippen molar-refractivity contribution in [3.05, 3.63) is 132 Å². The topological polar surface area (TPSA) is 87.3 Å². The van der Waals surface area contributed by atoms with E-state index in [4.69, 9.17) is 0 Å². The molecule has 0 spiro atoms. The van der Waals surface area contributed by atoms with E-state index in [0.717, 1.165) is 21.7 Å². The number of anilines is 2. The molecule has 0 atom stereocenters. The minimum absolute atomic E-state index is 0.0962. The molecule has 0 unspecified atom stereocenters. The van der Waals surface area contributed by atoms with Crippen molar-refractivity contribution in [3.8, 4) is 0 Å². The third-order valence-corrected chi connectivity index (χ3v) is 6.47. The standard InChI is InChI=1S/C31H27N3O3S/c1-22-12-14-25(15-13-22)32-29(35)21-38-27-18-16-26(17-19-27)33-31(37)28(20-23-8-4-2-5-9-23)34-30(36)24-10-6-3-7-11-24/h2-20H,21H2,1H3,(H,32,35)(H,33,37)(H,34,36)/b28-20-. The maximum atomic E-state index is 13.1. The van der Waals surface area contributed by atoms with Gasteiger partial charge < -0.3 is 16.0 Å². The highest BCUT2D eigenvalue weighted by Crippen LogP contribution is 2.21. The lowest BCUT2D eigenvalue weighted by Crippen LogP contribution is -2.30. The second-order valence-corrected chi connectivity index (χ2v) is 9.52. The number of hydrogen-bond acceptors (Lipinski definition) is 4. The Labute approximate surface area is 226 Å². The Morgan fingerprint density at radius 2 is 1.29 bits per heavy atom. The monoisotopic (exact) mass is 521 g/mol. The Bertz CT molecular complexity index is 1420. The molecule has 7 heteroatoms. The van der Waals surface area contributed by atoms with Gasteiger partial charge in [0.2, 0.25) is 5.91 Å². The molecule has 190 valence electrons. The Hall–Kier alpha value is -4.62. The predicted molar refractivity (Wildman–Crippen MR) is 154 cm³/mol. The fraction of sp³-hybridized carbons (Fsp3) is 0.0645. The second-order valence-electron chi connectivity index (χ2n) is 8.47. The maximum absolute atomic E-state index is 13.1. The van der Waals surface area contributed by atoms with Crippen LogP contribution in [0.1, 0.15) is 21.5 Å². The molecule has 3 N–H and O–H groups in total. The Morgan fingerprint density at radius 1 is 0.711 bits per heavy atom. The van der Waals surface area contributed by atoms with Crippen molar-refractivity contribution in [2.24, 2.45) is 0 Å². The minimum atomic E-state index is -0.448. The van der Waals surface area contributed by atoms with Crippen molar-refractivity contribution < 1.29 is 14.4 Å². The van der Waals surface area contributed by atoms with E-state index in [-0.39, 0.29) is 23.3 Å². The van der Waals surface area contributed by atoms with Gasteiger partial charge >= 0.3 is 0 Å². The fourth-order valence-corrected chi connectivity index (χ4v) is 4.17. The van der Waals surface area contributed by atoms with Gasteiger partial charge in [0.25, 0.3) is 11.8 Å². The van der Waals surface area contributed by atoms with Gasteiger partial charge in [0.1, 0.15) is 5.70 Å². The van der Waals surface area contributed by atoms with Crippen LogP contribution in [-0.2, 0) is 9.59 Å². The zero-order valence-electron chi connectivity index (χ0n) is 20.8. The first-order valence-electron chi connectivity index (χ1n) is 12.0. The summed E-state index contributed by atoms with van der Waals surface area (Å²) >= 11 is 1.40. The van der Waals surface area contributed by atoms with Crippen LogP contribution in [0.5, 0.6) is 0 Å². The average molecular weight is 522 g/mol. The number of carbonyl (C=O) groups is 3. The zero-order valence-corrected chi connectivity index (χ0v) is 21.6. The summed E-state index contributed by atoms with van der Waals surface area (Å²) in [6.07, 6.45) is 1.63. The van der Waals surface area contributed by atoms with Crippen LogP contribution in [0.4, 0.5) is 11.4 Å². The van der Waals surface area contributed by atoms with E-state index in [1.807, 2.05) is 79.7 Å². The number of hydrogen-bond donors (Lipinski definition) is 3. The van der Waals surface area contributed by atoms with Gasteiger partial charge in [-0.25, -0.2) is 0 Å². The van der Waals surface area contributed by atoms with Crippen molar-refractivity contribution in [1.29, 1.82) is 0 Å². The molecule has 4 aromatic carbocycles. The van der Waals surface area contributed by atoms with Crippen LogP contribution >= 0.6 is 11.8 Å². The number of rotatable bonds is 9. The summed E-state index contributed by atoms with van der Waals surface area (Å²) in [6, 6.07) is 32.9. The SMILES string of the molecule is Cc1ccc(NC(=O)CSc2ccc(NC(=O)/C(=C/c3ccccc3)NC(=O)c3ccccc3)cc2)cc1. The van der Waals surface area contributed by atoms with E-state index in [9.17, 15) is 14.4 Å². The van der Waals surface area contributed by atoms with E-state index in [1.165, 1.54) is 11.8 Å². The first kappa shape index (κ1) is 26.4.